The Kier molecular flexibility index (Phi) is 3.03. The molecule has 0 aliphatic carbocycles. The Balaban J connectivity index is 2.57. The molecular weight excluding hydrogens is 224 g/mol. The molecule has 0 fully saturated rings. The first-order valence-corrected chi connectivity index (χ1v) is 5.49. The standard InChI is InChI=1S/C11H15ClN4/c1-13-7-10-14-11(12)9-6-8(15(2)3)4-5-16(9)10/h4-6,13H,7H2,1-3H3. The SMILES string of the molecule is CNCc1nc(Cl)c2cc(N(C)C)ccn12. The van der Waals surface area contributed by atoms with Crippen LogP contribution in [0, 0.1) is 0 Å². The molecule has 0 amide bonds. The van der Waals surface area contributed by atoms with E-state index in [4.69, 9.17) is 11.6 Å². The van der Waals surface area contributed by atoms with Crippen molar-refractivity contribution in [2.75, 3.05) is 26.0 Å². The van der Waals surface area contributed by atoms with Gasteiger partial charge in [0.25, 0.3) is 0 Å². The van der Waals surface area contributed by atoms with Crippen molar-refractivity contribution in [2.45, 2.75) is 6.54 Å². The number of hydrogen-bond acceptors (Lipinski definition) is 3. The van der Waals surface area contributed by atoms with Crippen LogP contribution in [0.15, 0.2) is 18.3 Å². The Morgan fingerprint density at radius 2 is 2.25 bits per heavy atom. The summed E-state index contributed by atoms with van der Waals surface area (Å²) < 4.78 is 2.01. The van der Waals surface area contributed by atoms with E-state index in [0.29, 0.717) is 11.7 Å². The van der Waals surface area contributed by atoms with Crippen LogP contribution in [0.1, 0.15) is 5.82 Å². The third kappa shape index (κ3) is 1.86. The lowest BCUT2D eigenvalue weighted by Gasteiger charge is -2.12. The summed E-state index contributed by atoms with van der Waals surface area (Å²) in [4.78, 5) is 6.37. The van der Waals surface area contributed by atoms with Gasteiger partial charge in [-0.15, -0.1) is 0 Å². The summed E-state index contributed by atoms with van der Waals surface area (Å²) in [5.74, 6) is 0.924. The summed E-state index contributed by atoms with van der Waals surface area (Å²) in [6, 6.07) is 4.08. The minimum Gasteiger partial charge on any atom is -0.378 e. The van der Waals surface area contributed by atoms with Crippen molar-refractivity contribution in [3.05, 3.63) is 29.3 Å². The number of aromatic nitrogens is 2. The highest BCUT2D eigenvalue weighted by Crippen LogP contribution is 2.22. The Morgan fingerprint density at radius 3 is 2.88 bits per heavy atom. The van der Waals surface area contributed by atoms with Crippen LogP contribution >= 0.6 is 11.6 Å². The second-order valence-corrected chi connectivity index (χ2v) is 4.24. The van der Waals surface area contributed by atoms with Gasteiger partial charge in [-0.2, -0.15) is 0 Å². The molecule has 0 bridgehead atoms. The number of anilines is 1. The molecule has 0 atom stereocenters. The maximum Gasteiger partial charge on any atom is 0.155 e. The molecule has 16 heavy (non-hydrogen) atoms. The topological polar surface area (TPSA) is 32.6 Å². The highest BCUT2D eigenvalue weighted by molar-refractivity contribution is 6.32. The molecule has 0 saturated carbocycles. The second-order valence-electron chi connectivity index (χ2n) is 3.88. The van der Waals surface area contributed by atoms with E-state index >= 15 is 0 Å². The molecule has 0 aliphatic rings. The largest absolute Gasteiger partial charge is 0.378 e. The fourth-order valence-corrected chi connectivity index (χ4v) is 1.90. The van der Waals surface area contributed by atoms with Gasteiger partial charge < -0.3 is 14.6 Å². The van der Waals surface area contributed by atoms with Gasteiger partial charge >= 0.3 is 0 Å². The summed E-state index contributed by atoms with van der Waals surface area (Å²) in [6.07, 6.45) is 2.00. The van der Waals surface area contributed by atoms with E-state index in [1.807, 2.05) is 48.8 Å². The number of imidazole rings is 1. The minimum atomic E-state index is 0.550. The van der Waals surface area contributed by atoms with Crippen molar-refractivity contribution < 1.29 is 0 Å². The number of fused-ring (bicyclic) bond motifs is 1. The first kappa shape index (κ1) is 11.2. The molecule has 0 aromatic carbocycles. The van der Waals surface area contributed by atoms with Crippen LogP contribution < -0.4 is 10.2 Å². The maximum absolute atomic E-state index is 6.11. The van der Waals surface area contributed by atoms with Gasteiger partial charge in [-0.3, -0.25) is 0 Å². The molecule has 0 radical (unpaired) electrons. The molecule has 0 saturated heterocycles. The van der Waals surface area contributed by atoms with Crippen LogP contribution in [0.4, 0.5) is 5.69 Å². The van der Waals surface area contributed by atoms with E-state index in [9.17, 15) is 0 Å². The van der Waals surface area contributed by atoms with Crippen molar-refractivity contribution in [2.24, 2.45) is 0 Å². The monoisotopic (exact) mass is 238 g/mol. The number of pyridine rings is 1. The zero-order valence-corrected chi connectivity index (χ0v) is 10.4. The van der Waals surface area contributed by atoms with E-state index in [-0.39, 0.29) is 0 Å². The van der Waals surface area contributed by atoms with Crippen molar-refractivity contribution in [3.8, 4) is 0 Å². The predicted molar refractivity (Wildman–Crippen MR) is 67.3 cm³/mol. The molecule has 2 rings (SSSR count). The summed E-state index contributed by atoms with van der Waals surface area (Å²) in [5, 5.41) is 3.62. The molecule has 5 heteroatoms. The molecule has 2 aromatic rings. The molecule has 0 spiro atoms. The number of hydrogen-bond donors (Lipinski definition) is 1. The number of nitrogens with zero attached hydrogens (tertiary/aromatic N) is 3. The van der Waals surface area contributed by atoms with E-state index in [0.717, 1.165) is 17.0 Å². The highest BCUT2D eigenvalue weighted by Gasteiger charge is 2.09. The van der Waals surface area contributed by atoms with Crippen LogP contribution in [0.2, 0.25) is 5.15 Å². The number of rotatable bonds is 3. The molecule has 1 N–H and O–H groups in total. The zero-order valence-electron chi connectivity index (χ0n) is 9.66. The molecule has 0 unspecified atom stereocenters. The Bertz CT molecular complexity index is 504. The van der Waals surface area contributed by atoms with E-state index < -0.39 is 0 Å². The Hall–Kier alpha value is -1.26. The van der Waals surface area contributed by atoms with Gasteiger partial charge in [0.2, 0.25) is 0 Å². The number of nitrogens with one attached hydrogen (secondary N) is 1. The minimum absolute atomic E-state index is 0.550. The maximum atomic E-state index is 6.11. The summed E-state index contributed by atoms with van der Waals surface area (Å²) in [7, 11) is 5.90. The first-order chi connectivity index (χ1) is 7.63. The Labute approximate surface area is 99.8 Å². The van der Waals surface area contributed by atoms with Gasteiger partial charge in [-0.05, 0) is 19.2 Å². The van der Waals surface area contributed by atoms with Gasteiger partial charge in [0, 0.05) is 26.0 Å². The molecule has 2 aromatic heterocycles. The van der Waals surface area contributed by atoms with Crippen molar-refractivity contribution in [1.29, 1.82) is 0 Å². The average Bonchev–Trinajstić information content (AvgIpc) is 2.56. The normalized spacial score (nSPS) is 11.0. The average molecular weight is 239 g/mol. The van der Waals surface area contributed by atoms with Crippen molar-refractivity contribution >= 4 is 22.8 Å². The Morgan fingerprint density at radius 1 is 1.50 bits per heavy atom. The third-order valence-corrected chi connectivity index (χ3v) is 2.78. The predicted octanol–water partition coefficient (Wildman–Crippen LogP) is 1.77. The van der Waals surface area contributed by atoms with Gasteiger partial charge in [0.15, 0.2) is 5.15 Å². The first-order valence-electron chi connectivity index (χ1n) is 5.12. The molecule has 0 aliphatic heterocycles. The number of halogens is 1. The summed E-state index contributed by atoms with van der Waals surface area (Å²) >= 11 is 6.11. The molecule has 4 nitrogen and oxygen atoms in total. The highest BCUT2D eigenvalue weighted by atomic mass is 35.5. The van der Waals surface area contributed by atoms with E-state index in [2.05, 4.69) is 10.3 Å². The van der Waals surface area contributed by atoms with Crippen LogP contribution in [-0.4, -0.2) is 30.5 Å². The second kappa shape index (κ2) is 4.31. The van der Waals surface area contributed by atoms with Crippen molar-refractivity contribution in [1.82, 2.24) is 14.7 Å². The zero-order chi connectivity index (χ0) is 11.7. The van der Waals surface area contributed by atoms with Crippen LogP contribution in [0.5, 0.6) is 0 Å². The quantitative estimate of drug-likeness (QED) is 0.885. The van der Waals surface area contributed by atoms with E-state index in [1.54, 1.807) is 0 Å². The molecular formula is C11H15ClN4. The molecule has 86 valence electrons. The van der Waals surface area contributed by atoms with Crippen molar-refractivity contribution in [3.63, 3.8) is 0 Å². The summed E-state index contributed by atoms with van der Waals surface area (Å²) in [6.45, 7) is 0.704. The van der Waals surface area contributed by atoms with Crippen LogP contribution in [0.3, 0.4) is 0 Å². The smallest absolute Gasteiger partial charge is 0.155 e. The lowest BCUT2D eigenvalue weighted by molar-refractivity contribution is 0.755. The van der Waals surface area contributed by atoms with Gasteiger partial charge in [0.05, 0.1) is 12.1 Å². The lowest BCUT2D eigenvalue weighted by atomic mass is 10.3. The fraction of sp³-hybridized carbons (Fsp3) is 0.364. The van der Waals surface area contributed by atoms with Gasteiger partial charge in [0.1, 0.15) is 5.82 Å². The third-order valence-electron chi connectivity index (χ3n) is 2.51. The fourth-order valence-electron chi connectivity index (χ4n) is 1.66. The van der Waals surface area contributed by atoms with Crippen LogP contribution in [0.25, 0.3) is 5.52 Å². The lowest BCUT2D eigenvalue weighted by Crippen LogP contribution is -2.10. The molecule has 2 heterocycles. The van der Waals surface area contributed by atoms with Gasteiger partial charge in [-0.25, -0.2) is 4.98 Å². The van der Waals surface area contributed by atoms with E-state index in [1.165, 1.54) is 0 Å². The summed E-state index contributed by atoms with van der Waals surface area (Å²) in [5.41, 5.74) is 2.06. The van der Waals surface area contributed by atoms with Gasteiger partial charge in [-0.1, -0.05) is 11.6 Å². The van der Waals surface area contributed by atoms with Crippen LogP contribution in [-0.2, 0) is 6.54 Å².